The van der Waals surface area contributed by atoms with E-state index < -0.39 is 50.4 Å². The van der Waals surface area contributed by atoms with E-state index in [1.807, 2.05) is 0 Å². The predicted octanol–water partition coefficient (Wildman–Crippen LogP) is 9.37. The first kappa shape index (κ1) is 48.5. The Labute approximate surface area is 339 Å². The van der Waals surface area contributed by atoms with Crippen LogP contribution >= 0.6 is 7.82 Å². The van der Waals surface area contributed by atoms with E-state index in [9.17, 15) is 23.8 Å². The molecule has 0 saturated carbocycles. The van der Waals surface area contributed by atoms with Crippen molar-refractivity contribution in [3.63, 3.8) is 0 Å². The summed E-state index contributed by atoms with van der Waals surface area (Å²) in [6.45, 7) is 3.39. The van der Waals surface area contributed by atoms with Crippen LogP contribution in [-0.4, -0.2) is 68.4 Å². The van der Waals surface area contributed by atoms with Crippen LogP contribution in [0.5, 0.6) is 0 Å². The number of nitrogen functional groups attached to an aromatic ring is 1. The lowest BCUT2D eigenvalue weighted by Crippen LogP contribution is -2.29. The van der Waals surface area contributed by atoms with Gasteiger partial charge in [-0.2, -0.15) is 4.98 Å². The van der Waals surface area contributed by atoms with Crippen molar-refractivity contribution in [1.29, 1.82) is 0 Å². The smallest absolute Gasteiger partial charge is 0.462 e. The Morgan fingerprint density at radius 3 is 1.91 bits per heavy atom. The maximum Gasteiger partial charge on any atom is 0.472 e. The third-order valence-corrected chi connectivity index (χ3v) is 11.3. The molecule has 4 atom stereocenters. The maximum atomic E-state index is 12.9. The quantitative estimate of drug-likeness (QED) is 0.0342. The number of unbranched alkanes of at least 4 members (excludes halogenated alkanes) is 20. The number of ether oxygens (including phenoxy) is 3. The number of carbonyl (C=O) groups excluding carboxylic acids is 2. The number of nitrogens with zero attached hydrogens (tertiary/aromatic N) is 3. The molecule has 1 fully saturated rings. The first-order valence-corrected chi connectivity index (χ1v) is 23.5. The number of phosphoric acid groups is 1. The van der Waals surface area contributed by atoms with Gasteiger partial charge in [0.05, 0.1) is 25.6 Å². The highest BCUT2D eigenvalue weighted by Crippen LogP contribution is 2.44. The monoisotopic (exact) mass is 826 g/mol. The molecule has 2 aromatic heterocycles. The molecule has 0 amide bonds. The molecule has 57 heavy (non-hydrogen) atoms. The molecule has 2 aromatic rings. The number of aromatic amines is 1. The number of nitrogens with two attached hydrogens (primary N) is 1. The lowest BCUT2D eigenvalue weighted by Gasteiger charge is -2.21. The van der Waals surface area contributed by atoms with Gasteiger partial charge in [-0.25, -0.2) is 9.55 Å². The summed E-state index contributed by atoms with van der Waals surface area (Å²) in [5.41, 5.74) is 5.62. The summed E-state index contributed by atoms with van der Waals surface area (Å²) in [4.78, 5) is 58.7. The Hall–Kier alpha value is -2.84. The average molecular weight is 826 g/mol. The Bertz CT molecular complexity index is 1520. The number of phosphoric ester groups is 1. The van der Waals surface area contributed by atoms with Crippen molar-refractivity contribution in [3.8, 4) is 0 Å². The fraction of sp³-hybridized carbons (Fsp3) is 0.829. The highest BCUT2D eigenvalue weighted by Gasteiger charge is 2.32. The molecule has 0 aliphatic carbocycles. The van der Waals surface area contributed by atoms with Gasteiger partial charge in [0.25, 0.3) is 5.56 Å². The van der Waals surface area contributed by atoms with Crippen LogP contribution in [0.25, 0.3) is 11.2 Å². The van der Waals surface area contributed by atoms with E-state index in [2.05, 4.69) is 28.8 Å². The van der Waals surface area contributed by atoms with Gasteiger partial charge in [0.15, 0.2) is 17.3 Å². The summed E-state index contributed by atoms with van der Waals surface area (Å²) in [7, 11) is -4.62. The van der Waals surface area contributed by atoms with Crippen LogP contribution in [0, 0.1) is 0 Å². The predicted molar refractivity (Wildman–Crippen MR) is 220 cm³/mol. The topological polar surface area (TPSA) is 207 Å². The number of hydrogen-bond acceptors (Lipinski definition) is 12. The van der Waals surface area contributed by atoms with E-state index in [1.54, 1.807) is 4.57 Å². The van der Waals surface area contributed by atoms with Gasteiger partial charge >= 0.3 is 19.8 Å². The number of carbonyl (C=O) groups is 2. The Morgan fingerprint density at radius 2 is 1.35 bits per heavy atom. The van der Waals surface area contributed by atoms with Crippen LogP contribution in [0.4, 0.5) is 5.95 Å². The van der Waals surface area contributed by atoms with Gasteiger partial charge in [0.2, 0.25) is 5.95 Å². The fourth-order valence-electron chi connectivity index (χ4n) is 7.05. The van der Waals surface area contributed by atoms with E-state index in [4.69, 9.17) is 29.0 Å². The maximum absolute atomic E-state index is 12.9. The first-order chi connectivity index (χ1) is 27.6. The third kappa shape index (κ3) is 20.6. The van der Waals surface area contributed by atoms with Crippen molar-refractivity contribution >= 4 is 36.9 Å². The zero-order valence-corrected chi connectivity index (χ0v) is 35.7. The lowest BCUT2D eigenvalue weighted by atomic mass is 10.1. The normalized spacial score (nSPS) is 17.2. The van der Waals surface area contributed by atoms with Crippen molar-refractivity contribution in [2.75, 3.05) is 25.6 Å². The van der Waals surface area contributed by atoms with Crippen molar-refractivity contribution in [1.82, 2.24) is 19.5 Å². The number of esters is 2. The first-order valence-electron chi connectivity index (χ1n) is 22.0. The van der Waals surface area contributed by atoms with Crippen LogP contribution < -0.4 is 11.3 Å². The van der Waals surface area contributed by atoms with Gasteiger partial charge in [-0.3, -0.25) is 33.0 Å². The Morgan fingerprint density at radius 1 is 0.825 bits per heavy atom. The van der Waals surface area contributed by atoms with Gasteiger partial charge in [-0.1, -0.05) is 142 Å². The molecule has 0 spiro atoms. The average Bonchev–Trinajstić information content (AvgIpc) is 3.84. The number of imidazole rings is 1. The molecule has 0 aromatic carbocycles. The molecule has 0 bridgehead atoms. The summed E-state index contributed by atoms with van der Waals surface area (Å²) in [6.07, 6.45) is 26.2. The number of anilines is 1. The third-order valence-electron chi connectivity index (χ3n) is 10.4. The Balaban J connectivity index is 1.39. The van der Waals surface area contributed by atoms with Crippen LogP contribution in [0.1, 0.15) is 187 Å². The van der Waals surface area contributed by atoms with E-state index in [1.165, 1.54) is 96.2 Å². The minimum atomic E-state index is -4.62. The molecular formula is C41H72N5O10P. The zero-order valence-electron chi connectivity index (χ0n) is 34.8. The lowest BCUT2D eigenvalue weighted by molar-refractivity contribution is -0.161. The second-order valence-electron chi connectivity index (χ2n) is 15.5. The van der Waals surface area contributed by atoms with Crippen LogP contribution in [-0.2, 0) is 37.4 Å². The summed E-state index contributed by atoms with van der Waals surface area (Å²) in [5, 5.41) is 0. The minimum Gasteiger partial charge on any atom is -0.462 e. The summed E-state index contributed by atoms with van der Waals surface area (Å²) >= 11 is 0. The number of fused-ring (bicyclic) bond motifs is 1. The highest BCUT2D eigenvalue weighted by molar-refractivity contribution is 7.47. The van der Waals surface area contributed by atoms with E-state index in [0.717, 1.165) is 38.5 Å². The van der Waals surface area contributed by atoms with Crippen LogP contribution in [0.15, 0.2) is 11.1 Å². The molecule has 4 unspecified atom stereocenters. The highest BCUT2D eigenvalue weighted by atomic mass is 31.2. The summed E-state index contributed by atoms with van der Waals surface area (Å²) in [6, 6.07) is 0. The van der Waals surface area contributed by atoms with Gasteiger partial charge in [0.1, 0.15) is 12.8 Å². The van der Waals surface area contributed by atoms with E-state index in [0.29, 0.717) is 25.7 Å². The molecule has 4 N–H and O–H groups in total. The minimum absolute atomic E-state index is 0.0531. The largest absolute Gasteiger partial charge is 0.472 e. The summed E-state index contributed by atoms with van der Waals surface area (Å²) < 4.78 is 42.0. The van der Waals surface area contributed by atoms with Gasteiger partial charge < -0.3 is 24.8 Å². The van der Waals surface area contributed by atoms with Crippen LogP contribution in [0.3, 0.4) is 0 Å². The number of H-pyrrole nitrogens is 1. The SMILES string of the molecule is CCCCCCCCCCCCCC(=O)OCC(COP(=O)(O)OCC1CCC(n2cnc3c(=O)[nH]c(N)nc32)O1)OC(=O)CCCCCCCCCCCCC. The molecular weight excluding hydrogens is 753 g/mol. The standard InChI is InChI=1S/C41H72N5O10P/c1-3-5-7-9-11-13-15-17-19-21-23-25-36(47)52-29-34(56-37(48)26-24-22-20-18-16-14-12-10-8-6-4-2)31-54-57(50,51)53-30-33-27-28-35(55-33)46-32-43-38-39(46)44-41(42)45-40(38)49/h32-35H,3-31H2,1-2H3,(H,50,51)(H3,42,44,45,49). The Kier molecular flexibility index (Phi) is 24.3. The molecule has 1 saturated heterocycles. The number of nitrogens with one attached hydrogen (secondary N) is 1. The molecule has 3 rings (SSSR count). The van der Waals surface area contributed by atoms with Crippen molar-refractivity contribution in [2.24, 2.45) is 0 Å². The van der Waals surface area contributed by atoms with Gasteiger partial charge in [-0.05, 0) is 25.7 Å². The number of hydrogen-bond donors (Lipinski definition) is 3. The summed E-state index contributed by atoms with van der Waals surface area (Å²) in [5.74, 6) is -0.949. The van der Waals surface area contributed by atoms with E-state index >= 15 is 0 Å². The van der Waals surface area contributed by atoms with Crippen molar-refractivity contribution < 1.29 is 42.3 Å². The molecule has 326 valence electrons. The van der Waals surface area contributed by atoms with E-state index in [-0.39, 0.29) is 43.2 Å². The zero-order chi connectivity index (χ0) is 41.1. The molecule has 1 aliphatic rings. The number of rotatable bonds is 34. The molecule has 1 aliphatic heterocycles. The molecule has 16 heteroatoms. The van der Waals surface area contributed by atoms with Crippen molar-refractivity contribution in [2.45, 2.75) is 199 Å². The molecule has 3 heterocycles. The number of aromatic nitrogens is 4. The van der Waals surface area contributed by atoms with Crippen LogP contribution in [0.2, 0.25) is 0 Å². The second kappa shape index (κ2) is 28.6. The fourth-order valence-corrected chi connectivity index (χ4v) is 7.83. The molecule has 15 nitrogen and oxygen atoms in total. The second-order valence-corrected chi connectivity index (χ2v) is 16.9. The van der Waals surface area contributed by atoms with Gasteiger partial charge in [0, 0.05) is 12.8 Å². The van der Waals surface area contributed by atoms with Crippen molar-refractivity contribution in [3.05, 3.63) is 16.7 Å². The molecule has 0 radical (unpaired) electrons. The van der Waals surface area contributed by atoms with Gasteiger partial charge in [-0.15, -0.1) is 0 Å².